The lowest BCUT2D eigenvalue weighted by atomic mass is 9.91. The molecule has 1 N–H and O–H groups in total. The monoisotopic (exact) mass is 352 g/mol. The Morgan fingerprint density at radius 3 is 2.38 bits per heavy atom. The molecule has 5 heteroatoms. The molecule has 2 aliphatic rings. The van der Waals surface area contributed by atoms with Gasteiger partial charge in [-0.25, -0.2) is 5.10 Å². The number of nitrogens with zero attached hydrogens (tertiary/aromatic N) is 3. The third-order valence-corrected chi connectivity index (χ3v) is 5.76. The van der Waals surface area contributed by atoms with Gasteiger partial charge in [0.15, 0.2) is 0 Å². The van der Waals surface area contributed by atoms with Crippen LogP contribution in [0.3, 0.4) is 0 Å². The Bertz CT molecular complexity index is 778. The van der Waals surface area contributed by atoms with E-state index in [1.54, 1.807) is 0 Å². The van der Waals surface area contributed by atoms with Gasteiger partial charge >= 0.3 is 0 Å². The van der Waals surface area contributed by atoms with Gasteiger partial charge in [0.05, 0.1) is 5.69 Å². The van der Waals surface area contributed by atoms with Crippen LogP contribution in [0.4, 0.5) is 0 Å². The lowest BCUT2D eigenvalue weighted by Crippen LogP contribution is -2.46. The molecule has 1 saturated heterocycles. The van der Waals surface area contributed by atoms with Crippen molar-refractivity contribution in [2.45, 2.75) is 38.6 Å². The molecule has 1 fully saturated rings. The van der Waals surface area contributed by atoms with Gasteiger partial charge in [-0.2, -0.15) is 5.10 Å². The third kappa shape index (κ3) is 4.05. The number of aromatic amines is 1. The summed E-state index contributed by atoms with van der Waals surface area (Å²) in [5.74, 6) is 0. The highest BCUT2D eigenvalue weighted by Gasteiger charge is 2.20. The number of rotatable bonds is 5. The molecular weight excluding hydrogens is 324 g/mol. The van der Waals surface area contributed by atoms with Gasteiger partial charge in [0.1, 0.15) is 0 Å². The second-order valence-corrected chi connectivity index (χ2v) is 7.52. The number of aromatic nitrogens is 2. The topological polar surface area (TPSA) is 52.2 Å². The summed E-state index contributed by atoms with van der Waals surface area (Å²) in [6, 6.07) is 10.7. The quantitative estimate of drug-likeness (QED) is 0.894. The van der Waals surface area contributed by atoms with Gasteiger partial charge in [0.25, 0.3) is 5.56 Å². The second-order valence-electron chi connectivity index (χ2n) is 7.52. The minimum Gasteiger partial charge on any atom is -0.300 e. The Morgan fingerprint density at radius 1 is 0.923 bits per heavy atom. The SMILES string of the molecule is O=c1[nH]nc(CCN2CCN(Cc3ccccc3)CC2)c2c1CCCC2. The van der Waals surface area contributed by atoms with Crippen molar-refractivity contribution < 1.29 is 0 Å². The van der Waals surface area contributed by atoms with Gasteiger partial charge in [-0.1, -0.05) is 30.3 Å². The van der Waals surface area contributed by atoms with Crippen molar-refractivity contribution in [1.29, 1.82) is 0 Å². The highest BCUT2D eigenvalue weighted by Crippen LogP contribution is 2.20. The minimum absolute atomic E-state index is 0.0259. The van der Waals surface area contributed by atoms with Crippen molar-refractivity contribution in [3.8, 4) is 0 Å². The van der Waals surface area contributed by atoms with E-state index in [1.165, 1.54) is 17.5 Å². The smallest absolute Gasteiger partial charge is 0.267 e. The van der Waals surface area contributed by atoms with Gasteiger partial charge < -0.3 is 4.90 Å². The molecule has 2 aromatic rings. The molecule has 0 bridgehead atoms. The van der Waals surface area contributed by atoms with Gasteiger partial charge in [-0.05, 0) is 36.8 Å². The van der Waals surface area contributed by atoms with Gasteiger partial charge in [-0.15, -0.1) is 0 Å². The molecule has 1 aromatic carbocycles. The van der Waals surface area contributed by atoms with E-state index < -0.39 is 0 Å². The number of benzene rings is 1. The minimum atomic E-state index is 0.0259. The van der Waals surface area contributed by atoms with Gasteiger partial charge in [-0.3, -0.25) is 9.69 Å². The van der Waals surface area contributed by atoms with E-state index in [-0.39, 0.29) is 5.56 Å². The van der Waals surface area contributed by atoms with E-state index in [4.69, 9.17) is 0 Å². The fourth-order valence-corrected chi connectivity index (χ4v) is 4.21. The van der Waals surface area contributed by atoms with Crippen LogP contribution in [0.1, 0.15) is 35.2 Å². The maximum absolute atomic E-state index is 12.0. The summed E-state index contributed by atoms with van der Waals surface area (Å²) in [7, 11) is 0. The van der Waals surface area contributed by atoms with Crippen LogP contribution in [-0.2, 0) is 25.8 Å². The summed E-state index contributed by atoms with van der Waals surface area (Å²) in [4.78, 5) is 17.0. The molecule has 0 atom stereocenters. The maximum Gasteiger partial charge on any atom is 0.267 e. The second kappa shape index (κ2) is 8.14. The standard InChI is InChI=1S/C21H28N4O/c26-21-19-9-5-4-8-18(19)20(22-23-21)10-11-24-12-14-25(15-13-24)16-17-6-2-1-3-7-17/h1-3,6-7H,4-5,8-16H2,(H,23,26). The van der Waals surface area contributed by atoms with Crippen LogP contribution in [0.2, 0.25) is 0 Å². The summed E-state index contributed by atoms with van der Waals surface area (Å²) in [6.45, 7) is 6.53. The molecule has 4 rings (SSSR count). The summed E-state index contributed by atoms with van der Waals surface area (Å²) < 4.78 is 0. The van der Waals surface area contributed by atoms with E-state index in [1.807, 2.05) is 0 Å². The molecule has 1 aliphatic heterocycles. The Hall–Kier alpha value is -1.98. The molecular formula is C21H28N4O. The van der Waals surface area contributed by atoms with Crippen LogP contribution >= 0.6 is 0 Å². The van der Waals surface area contributed by atoms with Crippen LogP contribution < -0.4 is 5.56 Å². The molecule has 1 aromatic heterocycles. The fraction of sp³-hybridized carbons (Fsp3) is 0.524. The molecule has 0 radical (unpaired) electrons. The molecule has 2 heterocycles. The van der Waals surface area contributed by atoms with Crippen molar-refractivity contribution in [3.63, 3.8) is 0 Å². The number of hydrogen-bond donors (Lipinski definition) is 1. The number of fused-ring (bicyclic) bond motifs is 1. The first-order valence-corrected chi connectivity index (χ1v) is 9.87. The zero-order valence-electron chi connectivity index (χ0n) is 15.4. The van der Waals surface area contributed by atoms with Crippen molar-refractivity contribution in [3.05, 3.63) is 63.1 Å². The van der Waals surface area contributed by atoms with Crippen LogP contribution in [0.15, 0.2) is 35.1 Å². The first kappa shape index (κ1) is 17.4. The van der Waals surface area contributed by atoms with Gasteiger partial charge in [0.2, 0.25) is 0 Å². The van der Waals surface area contributed by atoms with Gasteiger partial charge in [0, 0.05) is 51.3 Å². The van der Waals surface area contributed by atoms with E-state index in [2.05, 4.69) is 50.3 Å². The van der Waals surface area contributed by atoms with Crippen molar-refractivity contribution in [2.75, 3.05) is 32.7 Å². The molecule has 0 spiro atoms. The van der Waals surface area contributed by atoms with Crippen LogP contribution in [-0.4, -0.2) is 52.7 Å². The average molecular weight is 352 g/mol. The van der Waals surface area contributed by atoms with E-state index in [0.29, 0.717) is 0 Å². The molecule has 26 heavy (non-hydrogen) atoms. The summed E-state index contributed by atoms with van der Waals surface area (Å²) in [5, 5.41) is 7.09. The molecule has 0 amide bonds. The number of hydrogen-bond acceptors (Lipinski definition) is 4. The highest BCUT2D eigenvalue weighted by atomic mass is 16.1. The zero-order chi connectivity index (χ0) is 17.8. The molecule has 0 saturated carbocycles. The maximum atomic E-state index is 12.0. The predicted octanol–water partition coefficient (Wildman–Crippen LogP) is 2.01. The summed E-state index contributed by atoms with van der Waals surface area (Å²) >= 11 is 0. The van der Waals surface area contributed by atoms with E-state index >= 15 is 0 Å². The normalized spacial score (nSPS) is 18.6. The Balaban J connectivity index is 1.30. The van der Waals surface area contributed by atoms with Crippen LogP contribution in [0.5, 0.6) is 0 Å². The zero-order valence-corrected chi connectivity index (χ0v) is 15.4. The summed E-state index contributed by atoms with van der Waals surface area (Å²) in [6.07, 6.45) is 5.19. The molecule has 0 unspecified atom stereocenters. The Kier molecular flexibility index (Phi) is 5.46. The lowest BCUT2D eigenvalue weighted by Gasteiger charge is -2.34. The number of piperazine rings is 1. The Labute approximate surface area is 155 Å². The molecule has 1 aliphatic carbocycles. The predicted molar refractivity (Wildman–Crippen MR) is 103 cm³/mol. The van der Waals surface area contributed by atoms with Crippen molar-refractivity contribution in [2.24, 2.45) is 0 Å². The van der Waals surface area contributed by atoms with Crippen molar-refractivity contribution >= 4 is 0 Å². The third-order valence-electron chi connectivity index (χ3n) is 5.76. The average Bonchev–Trinajstić information content (AvgIpc) is 2.70. The highest BCUT2D eigenvalue weighted by molar-refractivity contribution is 5.30. The largest absolute Gasteiger partial charge is 0.300 e. The first-order chi connectivity index (χ1) is 12.8. The van der Waals surface area contributed by atoms with E-state index in [0.717, 1.165) is 76.2 Å². The fourth-order valence-electron chi connectivity index (χ4n) is 4.21. The summed E-state index contributed by atoms with van der Waals surface area (Å²) in [5.41, 5.74) is 4.77. The van der Waals surface area contributed by atoms with E-state index in [9.17, 15) is 4.79 Å². The van der Waals surface area contributed by atoms with Crippen molar-refractivity contribution in [1.82, 2.24) is 20.0 Å². The van der Waals surface area contributed by atoms with Crippen LogP contribution in [0, 0.1) is 0 Å². The number of nitrogens with one attached hydrogen (secondary N) is 1. The Morgan fingerprint density at radius 2 is 1.62 bits per heavy atom. The molecule has 138 valence electrons. The number of H-pyrrole nitrogens is 1. The van der Waals surface area contributed by atoms with Crippen LogP contribution in [0.25, 0.3) is 0 Å². The lowest BCUT2D eigenvalue weighted by molar-refractivity contribution is 0.128. The molecule has 5 nitrogen and oxygen atoms in total. The first-order valence-electron chi connectivity index (χ1n) is 9.87.